The monoisotopic (exact) mass is 659 g/mol. The van der Waals surface area contributed by atoms with E-state index in [0.29, 0.717) is 44.7 Å². The molecule has 0 saturated heterocycles. The van der Waals surface area contributed by atoms with Gasteiger partial charge in [-0.15, -0.1) is 10.2 Å². The van der Waals surface area contributed by atoms with Gasteiger partial charge in [0.25, 0.3) is 5.91 Å². The summed E-state index contributed by atoms with van der Waals surface area (Å²) in [5.41, 5.74) is 1.73. The van der Waals surface area contributed by atoms with Crippen LogP contribution in [0, 0.1) is 5.82 Å². The SMILES string of the molecule is CCCCCOc1ccc([C@@H]2C(C(=O)c3cc4ccccc4o3)=C(O)C(=O)N2c2nnc(SCc3ccc(F)cc3)s2)cc1OC. The van der Waals surface area contributed by atoms with Crippen LogP contribution < -0.4 is 14.4 Å². The number of methoxy groups -OCH3 is 1. The van der Waals surface area contributed by atoms with Gasteiger partial charge in [-0.25, -0.2) is 4.39 Å². The fourth-order valence-electron chi connectivity index (χ4n) is 5.17. The molecule has 0 fully saturated rings. The van der Waals surface area contributed by atoms with E-state index in [4.69, 9.17) is 13.9 Å². The molecule has 1 aliphatic heterocycles. The van der Waals surface area contributed by atoms with Gasteiger partial charge in [0, 0.05) is 11.1 Å². The van der Waals surface area contributed by atoms with Gasteiger partial charge < -0.3 is 19.0 Å². The fourth-order valence-corrected chi connectivity index (χ4v) is 6.99. The molecule has 1 amide bonds. The van der Waals surface area contributed by atoms with Gasteiger partial charge in [-0.3, -0.25) is 14.5 Å². The summed E-state index contributed by atoms with van der Waals surface area (Å²) in [7, 11) is 1.51. The van der Waals surface area contributed by atoms with E-state index in [0.717, 1.165) is 36.2 Å². The van der Waals surface area contributed by atoms with Gasteiger partial charge in [0.2, 0.25) is 10.9 Å². The molecular formula is C34H30FN3O6S2. The molecule has 0 unspecified atom stereocenters. The lowest BCUT2D eigenvalue weighted by Crippen LogP contribution is -2.31. The van der Waals surface area contributed by atoms with Crippen molar-refractivity contribution < 1.29 is 33.0 Å². The Morgan fingerprint density at radius 1 is 1.07 bits per heavy atom. The number of thioether (sulfide) groups is 1. The molecule has 0 aliphatic carbocycles. The van der Waals surface area contributed by atoms with Crippen LogP contribution in [0.2, 0.25) is 0 Å². The summed E-state index contributed by atoms with van der Waals surface area (Å²) >= 11 is 2.52. The largest absolute Gasteiger partial charge is 0.503 e. The molecule has 3 aromatic carbocycles. The molecule has 9 nitrogen and oxygen atoms in total. The van der Waals surface area contributed by atoms with Crippen LogP contribution in [0.4, 0.5) is 9.52 Å². The number of hydrogen-bond donors (Lipinski definition) is 1. The number of unbranched alkanes of at least 4 members (excludes halogenated alkanes) is 2. The number of Topliss-reactive ketones (excluding diaryl/α,β-unsaturated/α-hetero) is 1. The second-order valence-corrected chi connectivity index (χ2v) is 12.7. The third kappa shape index (κ3) is 6.35. The topological polar surface area (TPSA) is 115 Å². The van der Waals surface area contributed by atoms with Crippen LogP contribution in [-0.2, 0) is 10.5 Å². The van der Waals surface area contributed by atoms with Crippen LogP contribution in [0.25, 0.3) is 11.0 Å². The molecule has 12 heteroatoms. The standard InChI is InChI=1S/C34H30FN3O6S2/c1-3-4-7-16-43-25-15-12-22(18-26(25)42-2)29-28(30(39)27-17-21-8-5-6-9-24(21)44-27)31(40)32(41)38(29)33-36-37-34(46-33)45-19-20-10-13-23(35)14-11-20/h5-6,8-15,17-18,29,40H,3-4,7,16,19H2,1-2H3/t29-/m1/s1. The second-order valence-electron chi connectivity index (χ2n) is 10.5. The summed E-state index contributed by atoms with van der Waals surface area (Å²) in [6, 6.07) is 19.0. The Labute approximate surface area is 272 Å². The van der Waals surface area contributed by atoms with Gasteiger partial charge >= 0.3 is 0 Å². The number of furan rings is 1. The van der Waals surface area contributed by atoms with Gasteiger partial charge in [0.15, 0.2) is 27.4 Å². The zero-order chi connectivity index (χ0) is 32.2. The zero-order valence-corrected chi connectivity index (χ0v) is 26.7. The summed E-state index contributed by atoms with van der Waals surface area (Å²) in [6.07, 6.45) is 2.97. The van der Waals surface area contributed by atoms with Gasteiger partial charge in [-0.2, -0.15) is 0 Å². The van der Waals surface area contributed by atoms with Crippen LogP contribution >= 0.6 is 23.1 Å². The molecule has 1 atom stereocenters. The van der Waals surface area contributed by atoms with E-state index in [1.54, 1.807) is 48.5 Å². The van der Waals surface area contributed by atoms with Gasteiger partial charge in [-0.1, -0.05) is 79.3 Å². The average molecular weight is 660 g/mol. The van der Waals surface area contributed by atoms with Crippen LogP contribution in [-0.4, -0.2) is 40.7 Å². The number of ketones is 1. The second kappa shape index (κ2) is 13.8. The third-order valence-electron chi connectivity index (χ3n) is 7.49. The smallest absolute Gasteiger partial charge is 0.296 e. The maximum absolute atomic E-state index is 14.0. The normalized spacial score (nSPS) is 14.8. The number of aliphatic hydroxyl groups is 1. The minimum atomic E-state index is -1.07. The number of anilines is 1. The van der Waals surface area contributed by atoms with Crippen molar-refractivity contribution >= 4 is 50.9 Å². The minimum Gasteiger partial charge on any atom is -0.503 e. The van der Waals surface area contributed by atoms with Crippen molar-refractivity contribution in [1.82, 2.24) is 10.2 Å². The van der Waals surface area contributed by atoms with E-state index in [9.17, 15) is 19.1 Å². The first-order chi connectivity index (χ1) is 22.4. The number of ether oxygens (including phenoxy) is 2. The zero-order valence-electron chi connectivity index (χ0n) is 25.1. The summed E-state index contributed by atoms with van der Waals surface area (Å²) in [5, 5.41) is 20.7. The first-order valence-corrected chi connectivity index (χ1v) is 16.5. The van der Waals surface area contributed by atoms with Crippen molar-refractivity contribution in [1.29, 1.82) is 0 Å². The molecule has 1 N–H and O–H groups in total. The molecule has 1 aliphatic rings. The lowest BCUT2D eigenvalue weighted by atomic mass is 9.95. The molecular weight excluding hydrogens is 630 g/mol. The number of benzene rings is 3. The van der Waals surface area contributed by atoms with E-state index in [2.05, 4.69) is 17.1 Å². The number of nitrogens with zero attached hydrogens (tertiary/aromatic N) is 3. The van der Waals surface area contributed by atoms with E-state index >= 15 is 0 Å². The molecule has 0 spiro atoms. The summed E-state index contributed by atoms with van der Waals surface area (Å²) in [5.74, 6) is -1.04. The number of para-hydroxylation sites is 1. The van der Waals surface area contributed by atoms with Crippen LogP contribution in [0.5, 0.6) is 11.5 Å². The van der Waals surface area contributed by atoms with Crippen LogP contribution in [0.15, 0.2) is 92.9 Å². The van der Waals surface area contributed by atoms with Gasteiger partial charge in [0.1, 0.15) is 11.4 Å². The lowest BCUT2D eigenvalue weighted by molar-refractivity contribution is -0.117. The van der Waals surface area contributed by atoms with Crippen molar-refractivity contribution in [3.8, 4) is 11.5 Å². The van der Waals surface area contributed by atoms with Gasteiger partial charge in [0.05, 0.1) is 25.3 Å². The van der Waals surface area contributed by atoms with Gasteiger partial charge in [-0.05, 0) is 53.9 Å². The first kappa shape index (κ1) is 31.3. The van der Waals surface area contributed by atoms with E-state index < -0.39 is 23.5 Å². The third-order valence-corrected chi connectivity index (χ3v) is 9.62. The van der Waals surface area contributed by atoms with Crippen molar-refractivity contribution in [2.24, 2.45) is 0 Å². The van der Waals surface area contributed by atoms with Crippen LogP contribution in [0.3, 0.4) is 0 Å². The summed E-state index contributed by atoms with van der Waals surface area (Å²) in [6.45, 7) is 2.62. The molecule has 46 heavy (non-hydrogen) atoms. The lowest BCUT2D eigenvalue weighted by Gasteiger charge is -2.24. The highest BCUT2D eigenvalue weighted by Crippen LogP contribution is 2.46. The Morgan fingerprint density at radius 2 is 1.87 bits per heavy atom. The summed E-state index contributed by atoms with van der Waals surface area (Å²) < 4.78 is 31.3. The Kier molecular flexibility index (Phi) is 9.36. The van der Waals surface area contributed by atoms with E-state index in [1.807, 2.05) is 12.1 Å². The van der Waals surface area contributed by atoms with E-state index in [1.165, 1.54) is 35.9 Å². The minimum absolute atomic E-state index is 0.0157. The number of aromatic nitrogens is 2. The van der Waals surface area contributed by atoms with E-state index in [-0.39, 0.29) is 22.3 Å². The van der Waals surface area contributed by atoms with Crippen molar-refractivity contribution in [2.45, 2.75) is 42.3 Å². The highest BCUT2D eigenvalue weighted by Gasteiger charge is 2.47. The molecule has 0 bridgehead atoms. The number of amides is 1. The molecule has 5 aromatic rings. The molecule has 236 valence electrons. The number of fused-ring (bicyclic) bond motifs is 1. The maximum atomic E-state index is 14.0. The summed E-state index contributed by atoms with van der Waals surface area (Å²) in [4.78, 5) is 29.0. The number of aliphatic hydroxyl groups excluding tert-OH is 1. The maximum Gasteiger partial charge on any atom is 0.296 e. The molecule has 2 aromatic heterocycles. The number of carbonyl (C=O) groups excluding carboxylic acids is 2. The van der Waals surface area contributed by atoms with Crippen LogP contribution in [0.1, 0.15) is 53.9 Å². The van der Waals surface area contributed by atoms with Crippen molar-refractivity contribution in [2.75, 3.05) is 18.6 Å². The number of hydrogen-bond acceptors (Lipinski definition) is 10. The average Bonchev–Trinajstić information content (AvgIpc) is 3.79. The first-order valence-electron chi connectivity index (χ1n) is 14.7. The molecule has 0 radical (unpaired) electrons. The number of carbonyl (C=O) groups is 2. The predicted octanol–water partition coefficient (Wildman–Crippen LogP) is 8.08. The Bertz CT molecular complexity index is 1890. The number of halogens is 1. The highest BCUT2D eigenvalue weighted by atomic mass is 32.2. The highest BCUT2D eigenvalue weighted by molar-refractivity contribution is 8.00. The van der Waals surface area contributed by atoms with Crippen molar-refractivity contribution in [3.63, 3.8) is 0 Å². The predicted molar refractivity (Wildman–Crippen MR) is 174 cm³/mol. The molecule has 6 rings (SSSR count). The Morgan fingerprint density at radius 3 is 2.63 bits per heavy atom. The van der Waals surface area contributed by atoms with Crippen molar-refractivity contribution in [3.05, 3.63) is 107 Å². The molecule has 3 heterocycles. The fraction of sp³-hybridized carbons (Fsp3) is 0.235. The molecule has 0 saturated carbocycles. The number of rotatable bonds is 13. The quantitative estimate of drug-likeness (QED) is 0.0580. The Balaban J connectivity index is 1.36. The Hall–Kier alpha value is -4.68.